The van der Waals surface area contributed by atoms with Gasteiger partial charge in [0.15, 0.2) is 0 Å². The molecule has 4 unspecified atom stereocenters. The molecule has 4 atom stereocenters. The van der Waals surface area contributed by atoms with Crippen LogP contribution in [-0.4, -0.2) is 77.9 Å². The van der Waals surface area contributed by atoms with Gasteiger partial charge in [-0.3, -0.25) is 14.4 Å². The summed E-state index contributed by atoms with van der Waals surface area (Å²) in [5.41, 5.74) is 9.09. The molecule has 14 heteroatoms. The molecule has 3 heterocycles. The number of rotatable bonds is 13. The number of carboxylic acids is 1. The number of aromatic amines is 3. The second kappa shape index (κ2) is 12.7. The number of fused-ring (bicyclic) bond motifs is 1. The average Bonchev–Trinajstić information content (AvgIpc) is 3.71. The number of para-hydroxylation sites is 1. The largest absolute Gasteiger partial charge is 0.480 e. The molecule has 0 bridgehead atoms. The molecule has 0 aliphatic carbocycles. The molecule has 0 spiro atoms. The number of nitrogens with one attached hydrogen (secondary N) is 6. The second-order valence-electron chi connectivity index (χ2n) is 9.42. The zero-order chi connectivity index (χ0) is 28.6. The Hall–Kier alpha value is -4.98. The molecule has 3 amide bonds. The van der Waals surface area contributed by atoms with Crippen molar-refractivity contribution in [3.05, 3.63) is 72.5 Å². The fourth-order valence-corrected chi connectivity index (χ4v) is 4.23. The zero-order valence-corrected chi connectivity index (χ0v) is 21.7. The number of aliphatic carboxylic acids is 1. The van der Waals surface area contributed by atoms with Gasteiger partial charge < -0.3 is 41.7 Å². The highest BCUT2D eigenvalue weighted by Gasteiger charge is 2.29. The summed E-state index contributed by atoms with van der Waals surface area (Å²) >= 11 is 0. The summed E-state index contributed by atoms with van der Waals surface area (Å²) in [6.07, 6.45) is 7.89. The summed E-state index contributed by atoms with van der Waals surface area (Å²) in [7, 11) is 0. The smallest absolute Gasteiger partial charge is 0.326 e. The molecule has 210 valence electrons. The summed E-state index contributed by atoms with van der Waals surface area (Å²) in [6, 6.07) is 3.26. The van der Waals surface area contributed by atoms with E-state index in [1.807, 2.05) is 24.3 Å². The van der Waals surface area contributed by atoms with Crippen LogP contribution in [0.15, 0.2) is 55.5 Å². The number of nitrogens with two attached hydrogens (primary N) is 1. The maximum Gasteiger partial charge on any atom is 0.326 e. The van der Waals surface area contributed by atoms with E-state index in [-0.39, 0.29) is 19.3 Å². The number of hydrogen-bond donors (Lipinski definition) is 8. The first-order valence-corrected chi connectivity index (χ1v) is 12.6. The Kier molecular flexibility index (Phi) is 8.91. The van der Waals surface area contributed by atoms with Crippen LogP contribution in [0.1, 0.15) is 23.9 Å². The van der Waals surface area contributed by atoms with E-state index in [0.717, 1.165) is 16.5 Å². The minimum Gasteiger partial charge on any atom is -0.480 e. The van der Waals surface area contributed by atoms with Crippen LogP contribution in [0, 0.1) is 0 Å². The number of carbonyl (C=O) groups is 4. The van der Waals surface area contributed by atoms with Gasteiger partial charge in [-0.05, 0) is 25.0 Å². The van der Waals surface area contributed by atoms with Gasteiger partial charge in [0.2, 0.25) is 17.7 Å². The van der Waals surface area contributed by atoms with Gasteiger partial charge in [-0.2, -0.15) is 0 Å². The number of carboxylic acid groups (broad SMARTS) is 1. The Morgan fingerprint density at radius 2 is 1.48 bits per heavy atom. The predicted molar refractivity (Wildman–Crippen MR) is 144 cm³/mol. The number of amides is 3. The molecular weight excluding hydrogens is 518 g/mol. The minimum absolute atomic E-state index is 0.0193. The van der Waals surface area contributed by atoms with E-state index in [2.05, 4.69) is 40.9 Å². The first-order chi connectivity index (χ1) is 19.2. The monoisotopic (exact) mass is 549 g/mol. The van der Waals surface area contributed by atoms with Gasteiger partial charge in [0, 0.05) is 53.7 Å². The molecule has 4 rings (SSSR count). The van der Waals surface area contributed by atoms with Crippen molar-refractivity contribution in [3.63, 3.8) is 0 Å². The van der Waals surface area contributed by atoms with Crippen molar-refractivity contribution in [2.45, 2.75) is 50.4 Å². The van der Waals surface area contributed by atoms with Gasteiger partial charge in [-0.1, -0.05) is 18.2 Å². The zero-order valence-electron chi connectivity index (χ0n) is 21.7. The van der Waals surface area contributed by atoms with Crippen LogP contribution in [0.4, 0.5) is 0 Å². The third-order valence-corrected chi connectivity index (χ3v) is 6.41. The summed E-state index contributed by atoms with van der Waals surface area (Å²) in [4.78, 5) is 67.2. The highest BCUT2D eigenvalue weighted by Crippen LogP contribution is 2.18. The van der Waals surface area contributed by atoms with Gasteiger partial charge in [0.25, 0.3) is 0 Å². The average molecular weight is 550 g/mol. The molecule has 14 nitrogen and oxygen atoms in total. The summed E-state index contributed by atoms with van der Waals surface area (Å²) in [5, 5.41) is 18.1. The van der Waals surface area contributed by atoms with Crippen molar-refractivity contribution >= 4 is 34.6 Å². The normalized spacial score (nSPS) is 14.2. The summed E-state index contributed by atoms with van der Waals surface area (Å²) in [6.45, 7) is 1.42. The molecule has 4 aromatic rings. The number of imidazole rings is 2. The van der Waals surface area contributed by atoms with E-state index in [4.69, 9.17) is 5.73 Å². The van der Waals surface area contributed by atoms with E-state index in [9.17, 15) is 24.3 Å². The van der Waals surface area contributed by atoms with Crippen LogP contribution in [0.2, 0.25) is 0 Å². The maximum absolute atomic E-state index is 13.2. The van der Waals surface area contributed by atoms with Gasteiger partial charge in [-0.25, -0.2) is 14.8 Å². The van der Waals surface area contributed by atoms with Crippen molar-refractivity contribution in [2.75, 3.05) is 0 Å². The van der Waals surface area contributed by atoms with Gasteiger partial charge in [0.05, 0.1) is 18.7 Å². The number of H-pyrrole nitrogens is 3. The van der Waals surface area contributed by atoms with E-state index < -0.39 is 47.9 Å². The third-order valence-electron chi connectivity index (χ3n) is 6.41. The molecule has 0 radical (unpaired) electrons. The second-order valence-corrected chi connectivity index (χ2v) is 9.42. The number of hydrogen-bond acceptors (Lipinski definition) is 7. The predicted octanol–water partition coefficient (Wildman–Crippen LogP) is -0.472. The number of nitrogens with zero attached hydrogens (tertiary/aromatic N) is 2. The van der Waals surface area contributed by atoms with Crippen molar-refractivity contribution < 1.29 is 24.3 Å². The van der Waals surface area contributed by atoms with Crippen LogP contribution in [0.5, 0.6) is 0 Å². The van der Waals surface area contributed by atoms with Crippen molar-refractivity contribution in [2.24, 2.45) is 5.73 Å². The number of carbonyl (C=O) groups excluding carboxylic acids is 3. The van der Waals surface area contributed by atoms with Crippen LogP contribution in [-0.2, 0) is 38.4 Å². The highest BCUT2D eigenvalue weighted by molar-refractivity contribution is 5.94. The number of aromatic nitrogens is 5. The molecule has 0 fully saturated rings. The van der Waals surface area contributed by atoms with Crippen molar-refractivity contribution in [1.82, 2.24) is 40.9 Å². The first-order valence-electron chi connectivity index (χ1n) is 12.6. The molecule has 3 aromatic heterocycles. The Morgan fingerprint density at radius 3 is 2.10 bits per heavy atom. The van der Waals surface area contributed by atoms with E-state index in [1.54, 1.807) is 6.20 Å². The van der Waals surface area contributed by atoms with Crippen molar-refractivity contribution in [3.8, 4) is 0 Å². The van der Waals surface area contributed by atoms with Gasteiger partial charge >= 0.3 is 5.97 Å². The Balaban J connectivity index is 1.39. The lowest BCUT2D eigenvalue weighted by Crippen LogP contribution is -2.57. The number of benzene rings is 1. The molecular formula is C26H31N9O5. The quantitative estimate of drug-likeness (QED) is 0.109. The molecule has 9 N–H and O–H groups in total. The summed E-state index contributed by atoms with van der Waals surface area (Å²) in [5.74, 6) is -3.14. The topological polar surface area (TPSA) is 224 Å². The molecule has 0 saturated heterocycles. The minimum atomic E-state index is -1.24. The molecule has 0 aliphatic rings. The van der Waals surface area contributed by atoms with E-state index in [1.165, 1.54) is 32.0 Å². The van der Waals surface area contributed by atoms with Crippen molar-refractivity contribution in [1.29, 1.82) is 0 Å². The lowest BCUT2D eigenvalue weighted by atomic mass is 10.0. The van der Waals surface area contributed by atoms with Crippen LogP contribution in [0.25, 0.3) is 10.9 Å². The maximum atomic E-state index is 13.2. The lowest BCUT2D eigenvalue weighted by molar-refractivity contribution is -0.142. The van der Waals surface area contributed by atoms with Gasteiger partial charge in [-0.15, -0.1) is 0 Å². The van der Waals surface area contributed by atoms with Gasteiger partial charge in [0.1, 0.15) is 18.1 Å². The SMILES string of the molecule is CC(NC(=O)C(Cc1cnc[nH]1)NC(=O)C(N)Cc1c[nH]c2ccccc12)C(=O)NC(Cc1cnc[nH]1)C(=O)O. The summed E-state index contributed by atoms with van der Waals surface area (Å²) < 4.78 is 0. The third kappa shape index (κ3) is 7.11. The standard InChI is InChI=1S/C26H31N9O5/c1-14(23(36)35-22(26(39)40)8-17-11-29-13-32-17)33-25(38)21(7-16-10-28-12-31-16)34-24(37)19(27)6-15-9-30-20-5-3-2-4-18(15)20/h2-5,9-14,19,21-22,30H,6-8,27H2,1H3,(H,28,31)(H,29,32)(H,33,38)(H,34,37)(H,35,36)(H,39,40). The fourth-order valence-electron chi connectivity index (χ4n) is 4.23. The first kappa shape index (κ1) is 28.0. The molecule has 0 aliphatic heterocycles. The fraction of sp³-hybridized carbons (Fsp3) is 0.308. The Morgan fingerprint density at radius 1 is 0.850 bits per heavy atom. The Bertz CT molecular complexity index is 1450. The van der Waals surface area contributed by atoms with Crippen LogP contribution < -0.4 is 21.7 Å². The van der Waals surface area contributed by atoms with Crippen LogP contribution in [0.3, 0.4) is 0 Å². The van der Waals surface area contributed by atoms with Crippen LogP contribution >= 0.6 is 0 Å². The molecule has 1 aromatic carbocycles. The molecule has 0 saturated carbocycles. The van der Waals surface area contributed by atoms with E-state index >= 15 is 0 Å². The Labute approximate surface area is 228 Å². The molecule has 40 heavy (non-hydrogen) atoms. The highest BCUT2D eigenvalue weighted by atomic mass is 16.4. The van der Waals surface area contributed by atoms with E-state index in [0.29, 0.717) is 11.4 Å². The lowest BCUT2D eigenvalue weighted by Gasteiger charge is -2.23.